The minimum Gasteiger partial charge on any atom is -0.378 e. The molecule has 0 unspecified atom stereocenters. The van der Waals surface area contributed by atoms with Gasteiger partial charge < -0.3 is 4.90 Å². The Morgan fingerprint density at radius 1 is 1.06 bits per heavy atom. The average molecular weight is 421 g/mol. The number of nitrogens with zero attached hydrogens (tertiary/aromatic N) is 3. The van der Waals surface area contributed by atoms with Crippen molar-refractivity contribution < 1.29 is 14.0 Å². The molecule has 7 nitrogen and oxygen atoms in total. The third kappa shape index (κ3) is 5.16. The van der Waals surface area contributed by atoms with E-state index in [-0.39, 0.29) is 5.82 Å². The van der Waals surface area contributed by atoms with E-state index < -0.39 is 11.8 Å². The predicted molar refractivity (Wildman–Crippen MR) is 118 cm³/mol. The molecular weight excluding hydrogens is 397 g/mol. The van der Waals surface area contributed by atoms with Gasteiger partial charge in [-0.3, -0.25) is 20.4 Å². The Hall–Kier alpha value is -3.94. The molecule has 0 aliphatic carbocycles. The van der Waals surface area contributed by atoms with Crippen LogP contribution in [-0.2, 0) is 4.79 Å². The molecule has 1 aromatic heterocycles. The summed E-state index contributed by atoms with van der Waals surface area (Å²) in [4.78, 5) is 26.3. The minimum atomic E-state index is -0.481. The van der Waals surface area contributed by atoms with Crippen molar-refractivity contribution >= 4 is 23.6 Å². The van der Waals surface area contributed by atoms with Gasteiger partial charge in [0, 0.05) is 42.7 Å². The Bertz CT molecular complexity index is 1130. The quantitative estimate of drug-likeness (QED) is 0.490. The molecule has 0 bridgehead atoms. The molecule has 160 valence electrons. The van der Waals surface area contributed by atoms with E-state index in [1.807, 2.05) is 38.9 Å². The van der Waals surface area contributed by atoms with E-state index in [1.165, 1.54) is 18.2 Å². The maximum absolute atomic E-state index is 13.2. The highest BCUT2D eigenvalue weighted by Gasteiger charge is 2.12. The van der Waals surface area contributed by atoms with E-state index in [1.54, 1.807) is 41.1 Å². The van der Waals surface area contributed by atoms with E-state index in [4.69, 9.17) is 0 Å². The first kappa shape index (κ1) is 21.8. The van der Waals surface area contributed by atoms with Crippen molar-refractivity contribution in [2.75, 3.05) is 19.0 Å². The van der Waals surface area contributed by atoms with Crippen LogP contribution in [-0.4, -0.2) is 35.7 Å². The summed E-state index contributed by atoms with van der Waals surface area (Å²) in [5.74, 6) is -1.22. The topological polar surface area (TPSA) is 79.3 Å². The second-order valence-electron chi connectivity index (χ2n) is 7.19. The molecular formula is C23H24FN5O2. The number of halogens is 1. The summed E-state index contributed by atoms with van der Waals surface area (Å²) in [6.07, 6.45) is 2.95. The lowest BCUT2D eigenvalue weighted by atomic mass is 10.2. The summed E-state index contributed by atoms with van der Waals surface area (Å²) in [7, 11) is 3.76. The number of rotatable bonds is 5. The molecule has 3 rings (SSSR count). The zero-order valence-electron chi connectivity index (χ0n) is 17.8. The number of benzene rings is 2. The van der Waals surface area contributed by atoms with Gasteiger partial charge in [-0.25, -0.2) is 9.07 Å². The summed E-state index contributed by atoms with van der Waals surface area (Å²) in [5, 5.41) is 4.46. The smallest absolute Gasteiger partial charge is 0.269 e. The zero-order valence-corrected chi connectivity index (χ0v) is 17.8. The van der Waals surface area contributed by atoms with Crippen LogP contribution in [0.4, 0.5) is 10.1 Å². The fourth-order valence-electron chi connectivity index (χ4n) is 3.05. The second-order valence-corrected chi connectivity index (χ2v) is 7.19. The Kier molecular flexibility index (Phi) is 6.49. The number of aryl methyl sites for hydroxylation is 1. The van der Waals surface area contributed by atoms with E-state index in [0.29, 0.717) is 5.56 Å². The van der Waals surface area contributed by atoms with Gasteiger partial charge in [-0.05, 0) is 62.4 Å². The van der Waals surface area contributed by atoms with E-state index in [9.17, 15) is 14.0 Å². The lowest BCUT2D eigenvalue weighted by molar-refractivity contribution is -0.117. The Morgan fingerprint density at radius 3 is 2.45 bits per heavy atom. The molecule has 0 aliphatic rings. The Labute approximate surface area is 180 Å². The summed E-state index contributed by atoms with van der Waals surface area (Å²) in [5.41, 5.74) is 9.10. The standard InChI is InChI=1S/C23H24FN5O2/c1-15-21(16(2)29(27-15)19-10-8-18(24)9-11-19)12-13-22(30)25-26-23(31)17-6-5-7-20(14-17)28(3)4/h5-14H,1-4H3,(H,25,30)(H,26,31)/b13-12+. The van der Waals surface area contributed by atoms with E-state index in [0.717, 1.165) is 28.3 Å². The highest BCUT2D eigenvalue weighted by Crippen LogP contribution is 2.19. The molecule has 0 radical (unpaired) electrons. The van der Waals surface area contributed by atoms with Crippen LogP contribution >= 0.6 is 0 Å². The summed E-state index contributed by atoms with van der Waals surface area (Å²) >= 11 is 0. The highest BCUT2D eigenvalue weighted by molar-refractivity contribution is 5.98. The fraction of sp³-hybridized carbons (Fsp3) is 0.174. The van der Waals surface area contributed by atoms with Crippen molar-refractivity contribution in [3.05, 3.63) is 82.9 Å². The first-order chi connectivity index (χ1) is 14.8. The van der Waals surface area contributed by atoms with Crippen LogP contribution in [0, 0.1) is 19.7 Å². The van der Waals surface area contributed by atoms with Gasteiger partial charge in [0.25, 0.3) is 11.8 Å². The maximum atomic E-state index is 13.2. The zero-order chi connectivity index (χ0) is 22.5. The van der Waals surface area contributed by atoms with Crippen LogP contribution in [0.15, 0.2) is 54.6 Å². The molecule has 0 atom stereocenters. The average Bonchev–Trinajstić information content (AvgIpc) is 3.04. The van der Waals surface area contributed by atoms with Gasteiger partial charge in [0.2, 0.25) is 0 Å². The number of anilines is 1. The minimum absolute atomic E-state index is 0.322. The molecule has 1 heterocycles. The number of hydrazine groups is 1. The van der Waals surface area contributed by atoms with Crippen LogP contribution in [0.3, 0.4) is 0 Å². The summed E-state index contributed by atoms with van der Waals surface area (Å²) in [6.45, 7) is 3.69. The van der Waals surface area contributed by atoms with Gasteiger partial charge in [0.1, 0.15) is 5.82 Å². The van der Waals surface area contributed by atoms with Crippen molar-refractivity contribution in [3.8, 4) is 5.69 Å². The first-order valence-electron chi connectivity index (χ1n) is 9.64. The number of carbonyl (C=O) groups excluding carboxylic acids is 2. The number of carbonyl (C=O) groups is 2. The van der Waals surface area contributed by atoms with Gasteiger partial charge in [-0.15, -0.1) is 0 Å². The largest absolute Gasteiger partial charge is 0.378 e. The molecule has 8 heteroatoms. The van der Waals surface area contributed by atoms with Gasteiger partial charge in [-0.2, -0.15) is 5.10 Å². The van der Waals surface area contributed by atoms with Gasteiger partial charge in [0.15, 0.2) is 0 Å². The molecule has 0 spiro atoms. The van der Waals surface area contributed by atoms with Gasteiger partial charge >= 0.3 is 0 Å². The van der Waals surface area contributed by atoms with Gasteiger partial charge in [0.05, 0.1) is 11.4 Å². The SMILES string of the molecule is Cc1nn(-c2ccc(F)cc2)c(C)c1/C=C/C(=O)NNC(=O)c1cccc(N(C)C)c1. The van der Waals surface area contributed by atoms with Gasteiger partial charge in [-0.1, -0.05) is 6.07 Å². The number of amides is 2. The van der Waals surface area contributed by atoms with Crippen LogP contribution < -0.4 is 15.8 Å². The molecule has 2 amide bonds. The second kappa shape index (κ2) is 9.25. The summed E-state index contributed by atoms with van der Waals surface area (Å²) in [6, 6.07) is 13.1. The van der Waals surface area contributed by atoms with Crippen LogP contribution in [0.1, 0.15) is 27.3 Å². The lowest BCUT2D eigenvalue weighted by Gasteiger charge is -2.13. The molecule has 2 aromatic carbocycles. The van der Waals surface area contributed by atoms with Crippen molar-refractivity contribution in [2.45, 2.75) is 13.8 Å². The molecule has 0 fully saturated rings. The van der Waals surface area contributed by atoms with E-state index in [2.05, 4.69) is 16.0 Å². The maximum Gasteiger partial charge on any atom is 0.269 e. The third-order valence-electron chi connectivity index (χ3n) is 4.74. The monoisotopic (exact) mass is 421 g/mol. The van der Waals surface area contributed by atoms with Crippen molar-refractivity contribution in [3.63, 3.8) is 0 Å². The normalized spacial score (nSPS) is 10.9. The Morgan fingerprint density at radius 2 is 1.77 bits per heavy atom. The molecule has 31 heavy (non-hydrogen) atoms. The van der Waals surface area contributed by atoms with Crippen LogP contribution in [0.5, 0.6) is 0 Å². The molecule has 0 saturated heterocycles. The van der Waals surface area contributed by atoms with Crippen LogP contribution in [0.25, 0.3) is 11.8 Å². The Balaban J connectivity index is 1.66. The third-order valence-corrected chi connectivity index (χ3v) is 4.74. The number of hydrogen-bond donors (Lipinski definition) is 2. The van der Waals surface area contributed by atoms with Crippen LogP contribution in [0.2, 0.25) is 0 Å². The first-order valence-corrected chi connectivity index (χ1v) is 9.64. The van der Waals surface area contributed by atoms with E-state index >= 15 is 0 Å². The number of hydrogen-bond acceptors (Lipinski definition) is 4. The predicted octanol–water partition coefficient (Wildman–Crippen LogP) is 3.17. The highest BCUT2D eigenvalue weighted by atomic mass is 19.1. The molecule has 3 aromatic rings. The van der Waals surface area contributed by atoms with Crippen molar-refractivity contribution in [1.82, 2.24) is 20.6 Å². The summed E-state index contributed by atoms with van der Waals surface area (Å²) < 4.78 is 14.9. The lowest BCUT2D eigenvalue weighted by Crippen LogP contribution is -2.40. The molecule has 2 N–H and O–H groups in total. The fourth-order valence-corrected chi connectivity index (χ4v) is 3.05. The van der Waals surface area contributed by atoms with Crippen molar-refractivity contribution in [2.24, 2.45) is 0 Å². The number of nitrogens with one attached hydrogen (secondary N) is 2. The van der Waals surface area contributed by atoms with Crippen molar-refractivity contribution in [1.29, 1.82) is 0 Å². The number of aromatic nitrogens is 2. The molecule has 0 aliphatic heterocycles. The molecule has 0 saturated carbocycles.